The number of amides is 4. The maximum atomic E-state index is 11.6. The quantitative estimate of drug-likeness (QED) is 0.576. The Labute approximate surface area is 112 Å². The van der Waals surface area contributed by atoms with E-state index < -0.39 is 0 Å². The van der Waals surface area contributed by atoms with Gasteiger partial charge >= 0.3 is 6.03 Å². The van der Waals surface area contributed by atoms with Gasteiger partial charge in [0.1, 0.15) is 0 Å². The summed E-state index contributed by atoms with van der Waals surface area (Å²) in [4.78, 5) is 37.1. The number of imide groups is 1. The van der Waals surface area contributed by atoms with E-state index in [1.54, 1.807) is 4.90 Å². The lowest BCUT2D eigenvalue weighted by atomic mass is 10.0. The Hall–Kier alpha value is -1.85. The molecule has 6 heteroatoms. The zero-order valence-electron chi connectivity index (χ0n) is 11.1. The van der Waals surface area contributed by atoms with E-state index in [1.807, 2.05) is 0 Å². The molecule has 1 N–H and O–H groups in total. The average molecular weight is 265 g/mol. The number of likely N-dealkylation sites (tertiary alicyclic amines) is 1. The van der Waals surface area contributed by atoms with Crippen LogP contribution in [-0.2, 0) is 9.59 Å². The van der Waals surface area contributed by atoms with Crippen molar-refractivity contribution in [2.24, 2.45) is 5.92 Å². The largest absolute Gasteiger partial charge is 0.338 e. The third-order valence-electron chi connectivity index (χ3n) is 3.34. The van der Waals surface area contributed by atoms with E-state index in [2.05, 4.69) is 12.2 Å². The second-order valence-corrected chi connectivity index (χ2v) is 5.11. The van der Waals surface area contributed by atoms with Crippen molar-refractivity contribution in [3.8, 4) is 0 Å². The summed E-state index contributed by atoms with van der Waals surface area (Å²) >= 11 is 0. The van der Waals surface area contributed by atoms with Gasteiger partial charge < -0.3 is 10.2 Å². The fraction of sp³-hybridized carbons (Fsp3) is 0.615. The highest BCUT2D eigenvalue weighted by molar-refractivity contribution is 6.12. The van der Waals surface area contributed by atoms with Crippen molar-refractivity contribution in [1.29, 1.82) is 0 Å². The highest BCUT2D eigenvalue weighted by Crippen LogP contribution is 2.13. The predicted octanol–water partition coefficient (Wildman–Crippen LogP) is 0.353. The number of carbonyl (C=O) groups is 3. The number of carbonyl (C=O) groups excluding carboxylic acids is 3. The standard InChI is InChI=1S/C13H19N3O3/c1-10-8-15(9-10)13(19)14-6-2-3-7-16-11(17)4-5-12(16)18/h4-5,10H,2-3,6-9H2,1H3,(H,14,19). The Balaban J connectivity index is 1.54. The molecule has 0 bridgehead atoms. The van der Waals surface area contributed by atoms with Crippen molar-refractivity contribution < 1.29 is 14.4 Å². The van der Waals surface area contributed by atoms with E-state index in [4.69, 9.17) is 0 Å². The summed E-state index contributed by atoms with van der Waals surface area (Å²) < 4.78 is 0. The van der Waals surface area contributed by atoms with Crippen LogP contribution in [-0.4, -0.2) is 53.8 Å². The van der Waals surface area contributed by atoms with Crippen LogP contribution in [0.5, 0.6) is 0 Å². The summed E-state index contributed by atoms with van der Waals surface area (Å²) in [5, 5.41) is 2.84. The van der Waals surface area contributed by atoms with Gasteiger partial charge in [-0.3, -0.25) is 14.5 Å². The minimum absolute atomic E-state index is 0.0203. The summed E-state index contributed by atoms with van der Waals surface area (Å²) in [7, 11) is 0. The van der Waals surface area contributed by atoms with Crippen LogP contribution < -0.4 is 5.32 Å². The highest BCUT2D eigenvalue weighted by Gasteiger charge is 2.26. The Kier molecular flexibility index (Phi) is 4.19. The second kappa shape index (κ2) is 5.86. The maximum Gasteiger partial charge on any atom is 0.317 e. The van der Waals surface area contributed by atoms with Gasteiger partial charge in [0.15, 0.2) is 0 Å². The predicted molar refractivity (Wildman–Crippen MR) is 69.2 cm³/mol. The molecule has 4 amide bonds. The third kappa shape index (κ3) is 3.33. The number of urea groups is 1. The van der Waals surface area contributed by atoms with Gasteiger partial charge in [-0.1, -0.05) is 6.92 Å². The first kappa shape index (κ1) is 13.6. The fourth-order valence-electron chi connectivity index (χ4n) is 2.22. The SMILES string of the molecule is CC1CN(C(=O)NCCCCN2C(=O)C=CC2=O)C1. The summed E-state index contributed by atoms with van der Waals surface area (Å²) in [5.41, 5.74) is 0. The smallest absolute Gasteiger partial charge is 0.317 e. The van der Waals surface area contributed by atoms with Gasteiger partial charge in [0, 0.05) is 38.3 Å². The monoisotopic (exact) mass is 265 g/mol. The first-order valence-corrected chi connectivity index (χ1v) is 6.64. The third-order valence-corrected chi connectivity index (χ3v) is 3.34. The van der Waals surface area contributed by atoms with Crippen LogP contribution in [0.1, 0.15) is 19.8 Å². The number of hydrogen-bond donors (Lipinski definition) is 1. The first-order valence-electron chi connectivity index (χ1n) is 6.64. The molecule has 0 saturated carbocycles. The van der Waals surface area contributed by atoms with Crippen molar-refractivity contribution in [3.05, 3.63) is 12.2 Å². The Morgan fingerprint density at radius 3 is 2.47 bits per heavy atom. The van der Waals surface area contributed by atoms with Crippen molar-refractivity contribution in [1.82, 2.24) is 15.1 Å². The molecule has 0 unspecified atom stereocenters. The topological polar surface area (TPSA) is 69.7 Å². The van der Waals surface area contributed by atoms with E-state index in [0.717, 1.165) is 19.5 Å². The fourth-order valence-corrected chi connectivity index (χ4v) is 2.22. The van der Waals surface area contributed by atoms with Crippen molar-refractivity contribution in [2.45, 2.75) is 19.8 Å². The number of hydrogen-bond acceptors (Lipinski definition) is 3. The Morgan fingerprint density at radius 1 is 1.26 bits per heavy atom. The molecule has 2 rings (SSSR count). The number of rotatable bonds is 5. The van der Waals surface area contributed by atoms with E-state index in [9.17, 15) is 14.4 Å². The summed E-state index contributed by atoms with van der Waals surface area (Å²) in [6, 6.07) is -0.0203. The molecule has 2 heterocycles. The second-order valence-electron chi connectivity index (χ2n) is 5.11. The van der Waals surface area contributed by atoms with Crippen LogP contribution in [0.25, 0.3) is 0 Å². The van der Waals surface area contributed by atoms with Crippen molar-refractivity contribution in [2.75, 3.05) is 26.2 Å². The molecule has 0 spiro atoms. The molecule has 2 aliphatic rings. The van der Waals surface area contributed by atoms with Crippen LogP contribution in [0.3, 0.4) is 0 Å². The molecule has 19 heavy (non-hydrogen) atoms. The lowest BCUT2D eigenvalue weighted by Crippen LogP contribution is -2.52. The van der Waals surface area contributed by atoms with E-state index in [-0.39, 0.29) is 17.8 Å². The molecular formula is C13H19N3O3. The van der Waals surface area contributed by atoms with Crippen LogP contribution >= 0.6 is 0 Å². The first-order chi connectivity index (χ1) is 9.08. The van der Waals surface area contributed by atoms with Gasteiger partial charge in [-0.25, -0.2) is 4.79 Å². The summed E-state index contributed by atoms with van der Waals surface area (Å²) in [6.07, 6.45) is 4.03. The van der Waals surface area contributed by atoms with E-state index in [1.165, 1.54) is 17.1 Å². The minimum atomic E-state index is -0.247. The zero-order chi connectivity index (χ0) is 13.8. The van der Waals surface area contributed by atoms with Crippen molar-refractivity contribution in [3.63, 3.8) is 0 Å². The van der Waals surface area contributed by atoms with E-state index >= 15 is 0 Å². The van der Waals surface area contributed by atoms with Crippen LogP contribution in [0.15, 0.2) is 12.2 Å². The number of unbranched alkanes of at least 4 members (excludes halogenated alkanes) is 1. The molecule has 0 aromatic heterocycles. The van der Waals surface area contributed by atoms with Crippen LogP contribution in [0.2, 0.25) is 0 Å². The van der Waals surface area contributed by atoms with E-state index in [0.29, 0.717) is 25.4 Å². The Bertz CT molecular complexity index is 395. The average Bonchev–Trinajstić information content (AvgIpc) is 2.65. The molecule has 0 aromatic carbocycles. The van der Waals surface area contributed by atoms with Gasteiger partial charge in [0.2, 0.25) is 0 Å². The molecule has 2 aliphatic heterocycles. The molecule has 0 aromatic rings. The van der Waals surface area contributed by atoms with Gasteiger partial charge in [-0.2, -0.15) is 0 Å². The normalized spacial score (nSPS) is 19.0. The molecule has 6 nitrogen and oxygen atoms in total. The lowest BCUT2D eigenvalue weighted by Gasteiger charge is -2.37. The van der Waals surface area contributed by atoms with Gasteiger partial charge in [0.25, 0.3) is 11.8 Å². The Morgan fingerprint density at radius 2 is 1.89 bits per heavy atom. The van der Waals surface area contributed by atoms with Gasteiger partial charge in [-0.15, -0.1) is 0 Å². The van der Waals surface area contributed by atoms with Gasteiger partial charge in [-0.05, 0) is 18.8 Å². The van der Waals surface area contributed by atoms with Gasteiger partial charge in [0.05, 0.1) is 0 Å². The molecular weight excluding hydrogens is 246 g/mol. The molecule has 1 saturated heterocycles. The zero-order valence-corrected chi connectivity index (χ0v) is 11.1. The molecule has 0 radical (unpaired) electrons. The number of nitrogens with one attached hydrogen (secondary N) is 1. The molecule has 0 aliphatic carbocycles. The highest BCUT2D eigenvalue weighted by atomic mass is 16.2. The number of nitrogens with zero attached hydrogens (tertiary/aromatic N) is 2. The van der Waals surface area contributed by atoms with Crippen molar-refractivity contribution >= 4 is 17.8 Å². The maximum absolute atomic E-state index is 11.6. The summed E-state index contributed by atoms with van der Waals surface area (Å²) in [5.74, 6) is 0.109. The summed E-state index contributed by atoms with van der Waals surface area (Å²) in [6.45, 7) is 4.76. The molecule has 104 valence electrons. The molecule has 1 fully saturated rings. The van der Waals surface area contributed by atoms with Crippen LogP contribution in [0, 0.1) is 5.92 Å². The van der Waals surface area contributed by atoms with Crippen LogP contribution in [0.4, 0.5) is 4.79 Å². The molecule has 0 atom stereocenters. The minimum Gasteiger partial charge on any atom is -0.338 e. The lowest BCUT2D eigenvalue weighted by molar-refractivity contribution is -0.136.